The summed E-state index contributed by atoms with van der Waals surface area (Å²) in [6.45, 7) is 3.72. The molecule has 140 valence electrons. The number of aryl methyl sites for hydroxylation is 2. The van der Waals surface area contributed by atoms with Crippen molar-refractivity contribution in [2.45, 2.75) is 13.8 Å². The van der Waals surface area contributed by atoms with E-state index in [1.54, 1.807) is 31.2 Å². The Morgan fingerprint density at radius 2 is 1.64 bits per heavy atom. The fourth-order valence-corrected chi connectivity index (χ4v) is 3.41. The summed E-state index contributed by atoms with van der Waals surface area (Å²) in [6, 6.07) is 12.8. The summed E-state index contributed by atoms with van der Waals surface area (Å²) >= 11 is 12.6. The molecule has 2 heterocycles. The van der Waals surface area contributed by atoms with Gasteiger partial charge in [0.1, 0.15) is 5.56 Å². The zero-order chi connectivity index (χ0) is 19.8. The van der Waals surface area contributed by atoms with Gasteiger partial charge in [0.05, 0.1) is 21.3 Å². The van der Waals surface area contributed by atoms with Crippen molar-refractivity contribution in [2.75, 3.05) is 0 Å². The number of cyclic esters (lactones) is 1. The number of carbonyl (C=O) groups is 1. The van der Waals surface area contributed by atoms with Crippen LogP contribution in [0.3, 0.4) is 0 Å². The van der Waals surface area contributed by atoms with Gasteiger partial charge in [-0.2, -0.15) is 0 Å². The van der Waals surface area contributed by atoms with Crippen molar-refractivity contribution in [3.8, 4) is 11.3 Å². The van der Waals surface area contributed by atoms with Crippen molar-refractivity contribution >= 4 is 41.1 Å². The Bertz CT molecular complexity index is 1120. The molecule has 2 aromatic carbocycles. The Morgan fingerprint density at radius 1 is 0.964 bits per heavy atom. The van der Waals surface area contributed by atoms with Crippen molar-refractivity contribution in [1.82, 2.24) is 5.16 Å². The molecule has 7 heteroatoms. The van der Waals surface area contributed by atoms with Crippen LogP contribution < -0.4 is 0 Å². The summed E-state index contributed by atoms with van der Waals surface area (Å²) in [6.07, 6.45) is 1.67. The fraction of sp³-hybridized carbons (Fsp3) is 0.0952. The van der Waals surface area contributed by atoms with Crippen LogP contribution in [0.25, 0.3) is 17.4 Å². The quantitative estimate of drug-likeness (QED) is 0.414. The van der Waals surface area contributed by atoms with Gasteiger partial charge in [-0.1, -0.05) is 64.3 Å². The number of esters is 1. The van der Waals surface area contributed by atoms with Gasteiger partial charge in [0.15, 0.2) is 11.5 Å². The molecule has 0 N–H and O–H groups in total. The maximum atomic E-state index is 12.3. The Balaban J connectivity index is 1.79. The van der Waals surface area contributed by atoms with Gasteiger partial charge in [0, 0.05) is 0 Å². The summed E-state index contributed by atoms with van der Waals surface area (Å²) in [5.41, 5.74) is 3.58. The molecule has 4 rings (SSSR count). The van der Waals surface area contributed by atoms with Gasteiger partial charge < -0.3 is 9.26 Å². The van der Waals surface area contributed by atoms with E-state index in [4.69, 9.17) is 32.5 Å². The molecule has 1 aliphatic rings. The molecule has 5 nitrogen and oxygen atoms in total. The third kappa shape index (κ3) is 3.35. The first-order valence-electron chi connectivity index (χ1n) is 8.44. The van der Waals surface area contributed by atoms with E-state index < -0.39 is 5.97 Å². The number of nitrogens with zero attached hydrogens (tertiary/aromatic N) is 2. The second-order valence-electron chi connectivity index (χ2n) is 6.32. The number of carbonyl (C=O) groups excluding carboxylic acids is 1. The number of rotatable bonds is 3. The smallest absolute Gasteiger partial charge is 0.363 e. The zero-order valence-corrected chi connectivity index (χ0v) is 16.5. The molecule has 0 spiro atoms. The standard InChI is InChI=1S/C21H14Cl2N2O3/c1-11-6-8-13(9-7-11)10-16-21(26)27-20(24-16)17-12(2)25-28-19(17)18-14(22)4-3-5-15(18)23/h3-10H,1-2H3/b16-10+. The maximum absolute atomic E-state index is 12.3. The minimum Gasteiger partial charge on any atom is -0.402 e. The molecule has 0 unspecified atom stereocenters. The second kappa shape index (κ2) is 7.26. The van der Waals surface area contributed by atoms with Crippen LogP contribution in [0.5, 0.6) is 0 Å². The maximum Gasteiger partial charge on any atom is 0.363 e. The molecule has 0 fully saturated rings. The highest BCUT2D eigenvalue weighted by Gasteiger charge is 2.31. The van der Waals surface area contributed by atoms with Gasteiger partial charge in [-0.15, -0.1) is 0 Å². The van der Waals surface area contributed by atoms with Gasteiger partial charge in [-0.3, -0.25) is 0 Å². The van der Waals surface area contributed by atoms with Gasteiger partial charge in [-0.05, 0) is 37.6 Å². The summed E-state index contributed by atoms with van der Waals surface area (Å²) < 4.78 is 10.8. The first-order valence-corrected chi connectivity index (χ1v) is 9.20. The van der Waals surface area contributed by atoms with Crippen molar-refractivity contribution < 1.29 is 14.1 Å². The number of aromatic nitrogens is 1. The molecule has 0 bridgehead atoms. The topological polar surface area (TPSA) is 64.7 Å². The minimum atomic E-state index is -0.549. The molecule has 0 saturated heterocycles. The normalized spacial score (nSPS) is 15.1. The monoisotopic (exact) mass is 412 g/mol. The first kappa shape index (κ1) is 18.5. The number of benzene rings is 2. The van der Waals surface area contributed by atoms with E-state index in [0.717, 1.165) is 11.1 Å². The molecule has 1 aromatic heterocycles. The van der Waals surface area contributed by atoms with E-state index in [2.05, 4.69) is 10.1 Å². The van der Waals surface area contributed by atoms with Crippen LogP contribution in [0.15, 0.2) is 57.7 Å². The summed E-state index contributed by atoms with van der Waals surface area (Å²) in [5.74, 6) is -0.142. The van der Waals surface area contributed by atoms with Crippen LogP contribution in [0, 0.1) is 13.8 Å². The van der Waals surface area contributed by atoms with E-state index in [-0.39, 0.29) is 11.6 Å². The molecule has 0 saturated carbocycles. The largest absolute Gasteiger partial charge is 0.402 e. The third-order valence-electron chi connectivity index (χ3n) is 4.27. The molecule has 0 aliphatic carbocycles. The Labute approximate surface area is 171 Å². The van der Waals surface area contributed by atoms with Crippen LogP contribution in [0.2, 0.25) is 10.0 Å². The van der Waals surface area contributed by atoms with Crippen LogP contribution in [-0.2, 0) is 9.53 Å². The van der Waals surface area contributed by atoms with Crippen molar-refractivity contribution in [2.24, 2.45) is 4.99 Å². The number of hydrogen-bond donors (Lipinski definition) is 0. The van der Waals surface area contributed by atoms with E-state index in [1.165, 1.54) is 0 Å². The van der Waals surface area contributed by atoms with E-state index in [1.807, 2.05) is 31.2 Å². The lowest BCUT2D eigenvalue weighted by molar-refractivity contribution is -0.129. The summed E-state index contributed by atoms with van der Waals surface area (Å²) in [7, 11) is 0. The van der Waals surface area contributed by atoms with E-state index in [9.17, 15) is 4.79 Å². The summed E-state index contributed by atoms with van der Waals surface area (Å²) in [4.78, 5) is 16.7. The molecule has 0 radical (unpaired) electrons. The van der Waals surface area contributed by atoms with Gasteiger partial charge in [0.2, 0.25) is 5.90 Å². The molecular formula is C21H14Cl2N2O3. The van der Waals surface area contributed by atoms with Crippen molar-refractivity contribution in [3.05, 3.63) is 80.6 Å². The highest BCUT2D eigenvalue weighted by molar-refractivity contribution is 6.39. The lowest BCUT2D eigenvalue weighted by Gasteiger charge is -2.05. The average Bonchev–Trinajstić information content (AvgIpc) is 3.20. The molecule has 0 amide bonds. The minimum absolute atomic E-state index is 0.105. The van der Waals surface area contributed by atoms with E-state index in [0.29, 0.717) is 32.6 Å². The number of aliphatic imine (C=N–C) groups is 1. The van der Waals surface area contributed by atoms with Gasteiger partial charge in [-0.25, -0.2) is 9.79 Å². The fourth-order valence-electron chi connectivity index (χ4n) is 2.84. The van der Waals surface area contributed by atoms with Crippen LogP contribution in [0.4, 0.5) is 0 Å². The Morgan fingerprint density at radius 3 is 2.32 bits per heavy atom. The summed E-state index contributed by atoms with van der Waals surface area (Å²) in [5, 5.41) is 4.77. The molecule has 28 heavy (non-hydrogen) atoms. The van der Waals surface area contributed by atoms with Crippen molar-refractivity contribution in [1.29, 1.82) is 0 Å². The molecular weight excluding hydrogens is 399 g/mol. The zero-order valence-electron chi connectivity index (χ0n) is 15.0. The molecule has 3 aromatic rings. The highest BCUT2D eigenvalue weighted by Crippen LogP contribution is 2.38. The number of ether oxygens (including phenoxy) is 1. The lowest BCUT2D eigenvalue weighted by atomic mass is 10.1. The van der Waals surface area contributed by atoms with Crippen LogP contribution in [-0.4, -0.2) is 17.0 Å². The van der Waals surface area contributed by atoms with E-state index >= 15 is 0 Å². The second-order valence-corrected chi connectivity index (χ2v) is 7.13. The van der Waals surface area contributed by atoms with Gasteiger partial charge in [0.25, 0.3) is 0 Å². The highest BCUT2D eigenvalue weighted by atomic mass is 35.5. The van der Waals surface area contributed by atoms with Crippen molar-refractivity contribution in [3.63, 3.8) is 0 Å². The Hall–Kier alpha value is -2.89. The SMILES string of the molecule is Cc1ccc(/C=C2/N=C(c3c(C)noc3-c3c(Cl)cccc3Cl)OC2=O)cc1. The molecule has 0 atom stereocenters. The number of hydrogen-bond acceptors (Lipinski definition) is 5. The van der Waals surface area contributed by atoms with Gasteiger partial charge >= 0.3 is 5.97 Å². The number of halogens is 2. The first-order chi connectivity index (χ1) is 13.4. The van der Waals surface area contributed by atoms with Crippen LogP contribution >= 0.6 is 23.2 Å². The Kier molecular flexibility index (Phi) is 4.79. The third-order valence-corrected chi connectivity index (χ3v) is 4.90. The lowest BCUT2D eigenvalue weighted by Crippen LogP contribution is -2.07. The predicted molar refractivity (Wildman–Crippen MR) is 108 cm³/mol. The predicted octanol–water partition coefficient (Wildman–Crippen LogP) is 5.61. The molecule has 1 aliphatic heterocycles. The van der Waals surface area contributed by atoms with Crippen LogP contribution in [0.1, 0.15) is 22.4 Å². The average molecular weight is 413 g/mol.